The molecule has 0 aliphatic carbocycles. The summed E-state index contributed by atoms with van der Waals surface area (Å²) in [6.45, 7) is 6.52. The topological polar surface area (TPSA) is 17.1 Å². The van der Waals surface area contributed by atoms with Gasteiger partial charge in [0.05, 0.1) is 0 Å². The summed E-state index contributed by atoms with van der Waals surface area (Å²) >= 11 is 6.42. The monoisotopic (exact) mass is 300 g/mol. The van der Waals surface area contributed by atoms with E-state index in [4.69, 9.17) is 11.6 Å². The van der Waals surface area contributed by atoms with Crippen LogP contribution in [0.4, 0.5) is 0 Å². The van der Waals surface area contributed by atoms with Gasteiger partial charge in [-0.05, 0) is 47.6 Å². The van der Waals surface area contributed by atoms with Gasteiger partial charge >= 0.3 is 0 Å². The molecule has 0 amide bonds. The summed E-state index contributed by atoms with van der Waals surface area (Å²) in [6.07, 6.45) is 3.82. The Balaban J connectivity index is 2.69. The predicted octanol–water partition coefficient (Wildman–Crippen LogP) is 5.51. The smallest absolute Gasteiger partial charge is 0.150 e. The molecule has 0 atom stereocenters. The predicted molar refractivity (Wildman–Crippen MR) is 90.4 cm³/mol. The normalized spacial score (nSPS) is 10.7. The Hall–Kier alpha value is -1.60. The average molecular weight is 301 g/mol. The van der Waals surface area contributed by atoms with E-state index in [9.17, 15) is 4.79 Å². The molecule has 2 rings (SSSR count). The quantitative estimate of drug-likeness (QED) is 0.666. The molecule has 2 aromatic carbocycles. The zero-order valence-corrected chi connectivity index (χ0v) is 13.6. The van der Waals surface area contributed by atoms with Gasteiger partial charge in [0.25, 0.3) is 0 Å². The average Bonchev–Trinajstić information content (AvgIpc) is 2.53. The van der Waals surface area contributed by atoms with Crippen molar-refractivity contribution in [2.45, 2.75) is 40.0 Å². The molecule has 1 nitrogen and oxygen atoms in total. The third-order valence-electron chi connectivity index (χ3n) is 3.93. The number of rotatable bonds is 5. The van der Waals surface area contributed by atoms with Crippen LogP contribution in [0.2, 0.25) is 5.02 Å². The number of benzene rings is 2. The lowest BCUT2D eigenvalue weighted by Crippen LogP contribution is -1.98. The molecule has 0 unspecified atom stereocenters. The van der Waals surface area contributed by atoms with Crippen molar-refractivity contribution in [3.8, 4) is 11.1 Å². The zero-order chi connectivity index (χ0) is 15.4. The number of carbonyl (C=O) groups excluding carboxylic acids is 1. The van der Waals surface area contributed by atoms with Gasteiger partial charge in [0.2, 0.25) is 0 Å². The summed E-state index contributed by atoms with van der Waals surface area (Å²) in [6, 6.07) is 10.1. The fourth-order valence-corrected chi connectivity index (χ4v) is 3.04. The van der Waals surface area contributed by atoms with Crippen LogP contribution in [0.5, 0.6) is 0 Å². The maximum absolute atomic E-state index is 10.9. The SMILES string of the molecule is CCc1cc(CC)c(-c2ccc(C=O)cc2Cl)c(CC)c1. The van der Waals surface area contributed by atoms with Gasteiger partial charge in [0, 0.05) is 16.1 Å². The van der Waals surface area contributed by atoms with Crippen LogP contribution in [-0.2, 0) is 19.3 Å². The molecule has 21 heavy (non-hydrogen) atoms. The molecule has 0 saturated carbocycles. The van der Waals surface area contributed by atoms with Crippen LogP contribution >= 0.6 is 11.6 Å². The van der Waals surface area contributed by atoms with E-state index in [0.717, 1.165) is 31.1 Å². The van der Waals surface area contributed by atoms with Crippen LogP contribution in [0.3, 0.4) is 0 Å². The number of halogens is 1. The first-order valence-corrected chi connectivity index (χ1v) is 7.92. The van der Waals surface area contributed by atoms with E-state index >= 15 is 0 Å². The van der Waals surface area contributed by atoms with Crippen LogP contribution in [0.15, 0.2) is 30.3 Å². The molecule has 0 fully saturated rings. The molecule has 0 bridgehead atoms. The lowest BCUT2D eigenvalue weighted by atomic mass is 9.89. The molecular weight excluding hydrogens is 280 g/mol. The van der Waals surface area contributed by atoms with Crippen molar-refractivity contribution in [1.82, 2.24) is 0 Å². The lowest BCUT2D eigenvalue weighted by molar-refractivity contribution is 0.112. The van der Waals surface area contributed by atoms with Crippen molar-refractivity contribution in [1.29, 1.82) is 0 Å². The molecule has 0 aromatic heterocycles. The van der Waals surface area contributed by atoms with Gasteiger partial charge in [-0.25, -0.2) is 0 Å². The minimum absolute atomic E-state index is 0.616. The molecule has 0 N–H and O–H groups in total. The number of aldehydes is 1. The summed E-state index contributed by atoms with van der Waals surface area (Å²) in [5.41, 5.74) is 6.90. The molecule has 0 aliphatic rings. The molecular formula is C19H21ClO. The molecule has 0 heterocycles. The summed E-state index contributed by atoms with van der Waals surface area (Å²) in [7, 11) is 0. The number of aryl methyl sites for hydroxylation is 3. The second-order valence-corrected chi connectivity index (χ2v) is 5.61. The van der Waals surface area contributed by atoms with Crippen molar-refractivity contribution in [3.05, 3.63) is 57.6 Å². The standard InChI is InChI=1S/C19H21ClO/c1-4-13-9-15(5-2)19(16(6-3)10-13)17-8-7-14(12-21)11-18(17)20/h7-12H,4-6H2,1-3H3. The Morgan fingerprint density at radius 2 is 1.57 bits per heavy atom. The van der Waals surface area contributed by atoms with Gasteiger partial charge in [-0.2, -0.15) is 0 Å². The summed E-state index contributed by atoms with van der Waals surface area (Å²) < 4.78 is 0. The molecule has 2 aromatic rings. The Morgan fingerprint density at radius 3 is 2.00 bits per heavy atom. The first kappa shape index (κ1) is 15.8. The van der Waals surface area contributed by atoms with E-state index < -0.39 is 0 Å². The van der Waals surface area contributed by atoms with Crippen LogP contribution in [-0.4, -0.2) is 6.29 Å². The molecule has 0 saturated heterocycles. The Bertz CT molecular complexity index is 634. The number of hydrogen-bond donors (Lipinski definition) is 0. The van der Waals surface area contributed by atoms with Crippen molar-refractivity contribution >= 4 is 17.9 Å². The highest BCUT2D eigenvalue weighted by molar-refractivity contribution is 6.33. The first-order chi connectivity index (χ1) is 10.1. The second kappa shape index (κ2) is 6.91. The highest BCUT2D eigenvalue weighted by Crippen LogP contribution is 2.35. The minimum Gasteiger partial charge on any atom is -0.298 e. The van der Waals surface area contributed by atoms with Crippen LogP contribution in [0.1, 0.15) is 47.8 Å². The van der Waals surface area contributed by atoms with E-state index in [1.165, 1.54) is 22.3 Å². The van der Waals surface area contributed by atoms with Crippen LogP contribution in [0, 0.1) is 0 Å². The maximum Gasteiger partial charge on any atom is 0.150 e. The van der Waals surface area contributed by atoms with E-state index in [-0.39, 0.29) is 0 Å². The van der Waals surface area contributed by atoms with E-state index in [1.807, 2.05) is 12.1 Å². The van der Waals surface area contributed by atoms with Crippen LogP contribution < -0.4 is 0 Å². The Kier molecular flexibility index (Phi) is 5.19. The van der Waals surface area contributed by atoms with E-state index in [2.05, 4.69) is 32.9 Å². The first-order valence-electron chi connectivity index (χ1n) is 7.54. The molecule has 110 valence electrons. The van der Waals surface area contributed by atoms with Gasteiger partial charge in [-0.1, -0.05) is 56.6 Å². The Morgan fingerprint density at radius 1 is 0.952 bits per heavy atom. The third kappa shape index (κ3) is 3.19. The third-order valence-corrected chi connectivity index (χ3v) is 4.24. The number of carbonyl (C=O) groups is 1. The molecule has 0 aliphatic heterocycles. The minimum atomic E-state index is 0.616. The van der Waals surface area contributed by atoms with Crippen molar-refractivity contribution < 1.29 is 4.79 Å². The fourth-order valence-electron chi connectivity index (χ4n) is 2.75. The van der Waals surface area contributed by atoms with E-state index in [1.54, 1.807) is 6.07 Å². The second-order valence-electron chi connectivity index (χ2n) is 5.21. The molecule has 2 heteroatoms. The lowest BCUT2D eigenvalue weighted by Gasteiger charge is -2.17. The van der Waals surface area contributed by atoms with Gasteiger partial charge in [0.15, 0.2) is 0 Å². The van der Waals surface area contributed by atoms with Gasteiger partial charge in [0.1, 0.15) is 6.29 Å². The Labute approximate surface area is 132 Å². The van der Waals surface area contributed by atoms with Gasteiger partial charge in [-0.3, -0.25) is 4.79 Å². The van der Waals surface area contributed by atoms with Crippen molar-refractivity contribution in [2.75, 3.05) is 0 Å². The van der Waals surface area contributed by atoms with Gasteiger partial charge in [-0.15, -0.1) is 0 Å². The fraction of sp³-hybridized carbons (Fsp3) is 0.316. The van der Waals surface area contributed by atoms with Crippen LogP contribution in [0.25, 0.3) is 11.1 Å². The molecule has 0 spiro atoms. The molecule has 0 radical (unpaired) electrons. The highest BCUT2D eigenvalue weighted by Gasteiger charge is 2.14. The maximum atomic E-state index is 10.9. The van der Waals surface area contributed by atoms with Crippen molar-refractivity contribution in [3.63, 3.8) is 0 Å². The summed E-state index contributed by atoms with van der Waals surface area (Å²) in [5, 5.41) is 0.647. The largest absolute Gasteiger partial charge is 0.298 e. The summed E-state index contributed by atoms with van der Waals surface area (Å²) in [5.74, 6) is 0. The summed E-state index contributed by atoms with van der Waals surface area (Å²) in [4.78, 5) is 10.9. The van der Waals surface area contributed by atoms with Crippen molar-refractivity contribution in [2.24, 2.45) is 0 Å². The highest BCUT2D eigenvalue weighted by atomic mass is 35.5. The zero-order valence-electron chi connectivity index (χ0n) is 12.9. The number of hydrogen-bond acceptors (Lipinski definition) is 1. The van der Waals surface area contributed by atoms with E-state index in [0.29, 0.717) is 10.6 Å². The van der Waals surface area contributed by atoms with Gasteiger partial charge < -0.3 is 0 Å².